The van der Waals surface area contributed by atoms with Crippen LogP contribution in [0.5, 0.6) is 5.75 Å². The summed E-state index contributed by atoms with van der Waals surface area (Å²) in [5, 5.41) is 2.92. The first-order chi connectivity index (χ1) is 10.7. The van der Waals surface area contributed by atoms with E-state index >= 15 is 0 Å². The Balaban J connectivity index is 1.70. The van der Waals surface area contributed by atoms with E-state index in [1.165, 1.54) is 38.1 Å². The third kappa shape index (κ3) is 5.30. The van der Waals surface area contributed by atoms with E-state index in [1.807, 2.05) is 6.92 Å². The third-order valence-corrected chi connectivity index (χ3v) is 3.90. The number of amides is 1. The van der Waals surface area contributed by atoms with Crippen molar-refractivity contribution >= 4 is 5.91 Å². The van der Waals surface area contributed by atoms with E-state index in [-0.39, 0.29) is 11.7 Å². The van der Waals surface area contributed by atoms with E-state index in [9.17, 15) is 9.18 Å². The predicted molar refractivity (Wildman–Crippen MR) is 84.4 cm³/mol. The van der Waals surface area contributed by atoms with Crippen molar-refractivity contribution in [1.82, 2.24) is 10.2 Å². The number of benzene rings is 1. The number of carbonyl (C=O) groups is 1. The molecule has 0 aromatic heterocycles. The van der Waals surface area contributed by atoms with Gasteiger partial charge >= 0.3 is 0 Å². The minimum absolute atomic E-state index is 0.103. The Morgan fingerprint density at radius 1 is 1.32 bits per heavy atom. The maximum atomic E-state index is 12.9. The monoisotopic (exact) mass is 308 g/mol. The molecule has 0 bridgehead atoms. The Labute approximate surface area is 131 Å². The van der Waals surface area contributed by atoms with E-state index < -0.39 is 6.10 Å². The summed E-state index contributed by atoms with van der Waals surface area (Å²) in [6.07, 6.45) is 3.58. The van der Waals surface area contributed by atoms with Crippen LogP contribution < -0.4 is 10.1 Å². The Morgan fingerprint density at radius 2 is 2.00 bits per heavy atom. The van der Waals surface area contributed by atoms with Crippen LogP contribution in [0.3, 0.4) is 0 Å². The van der Waals surface area contributed by atoms with Gasteiger partial charge in [0.05, 0.1) is 0 Å². The van der Waals surface area contributed by atoms with Crippen molar-refractivity contribution in [3.63, 3.8) is 0 Å². The summed E-state index contributed by atoms with van der Waals surface area (Å²) in [6.45, 7) is 5.96. The van der Waals surface area contributed by atoms with Gasteiger partial charge in [0.2, 0.25) is 0 Å². The summed E-state index contributed by atoms with van der Waals surface area (Å²) in [6, 6.07) is 5.74. The molecule has 1 fully saturated rings. The molecule has 5 heteroatoms. The third-order valence-electron chi connectivity index (χ3n) is 3.90. The number of nitrogens with one attached hydrogen (secondary N) is 1. The number of halogens is 1. The van der Waals surface area contributed by atoms with Gasteiger partial charge in [-0.05, 0) is 69.6 Å². The van der Waals surface area contributed by atoms with Crippen LogP contribution in [0, 0.1) is 5.82 Å². The van der Waals surface area contributed by atoms with Crippen molar-refractivity contribution in [3.05, 3.63) is 30.1 Å². The number of ether oxygens (including phenoxy) is 1. The molecule has 1 aliphatic heterocycles. The minimum atomic E-state index is -0.530. The fourth-order valence-electron chi connectivity index (χ4n) is 2.63. The maximum absolute atomic E-state index is 12.9. The Morgan fingerprint density at radius 3 is 2.64 bits per heavy atom. The second kappa shape index (κ2) is 8.73. The molecule has 0 saturated carbocycles. The SMILES string of the molecule is CCC(Oc1ccc(F)cc1)C(=O)NCCCN1CCCC1. The fraction of sp³-hybridized carbons (Fsp3) is 0.588. The van der Waals surface area contributed by atoms with Crippen molar-refractivity contribution in [2.45, 2.75) is 38.7 Å². The van der Waals surface area contributed by atoms with Crippen LogP contribution in [0.1, 0.15) is 32.6 Å². The van der Waals surface area contributed by atoms with Gasteiger partial charge in [-0.25, -0.2) is 4.39 Å². The molecule has 1 amide bonds. The molecular formula is C17H25FN2O2. The molecule has 0 spiro atoms. The number of nitrogens with zero attached hydrogens (tertiary/aromatic N) is 1. The van der Waals surface area contributed by atoms with Crippen molar-refractivity contribution < 1.29 is 13.9 Å². The summed E-state index contributed by atoms with van der Waals surface area (Å²) in [7, 11) is 0. The highest BCUT2D eigenvalue weighted by atomic mass is 19.1. The van der Waals surface area contributed by atoms with Gasteiger partial charge in [0.15, 0.2) is 6.10 Å². The van der Waals surface area contributed by atoms with E-state index in [1.54, 1.807) is 12.1 Å². The molecule has 1 aliphatic rings. The van der Waals surface area contributed by atoms with Crippen molar-refractivity contribution in [2.24, 2.45) is 0 Å². The highest BCUT2D eigenvalue weighted by Crippen LogP contribution is 2.14. The van der Waals surface area contributed by atoms with Gasteiger partial charge in [0.1, 0.15) is 11.6 Å². The summed E-state index contributed by atoms with van der Waals surface area (Å²) >= 11 is 0. The van der Waals surface area contributed by atoms with Gasteiger partial charge in [-0.2, -0.15) is 0 Å². The minimum Gasteiger partial charge on any atom is -0.481 e. The molecule has 1 aromatic carbocycles. The molecule has 22 heavy (non-hydrogen) atoms. The molecule has 0 radical (unpaired) electrons. The number of likely N-dealkylation sites (tertiary alicyclic amines) is 1. The molecule has 1 heterocycles. The predicted octanol–water partition coefficient (Wildman–Crippen LogP) is 2.59. The zero-order valence-electron chi connectivity index (χ0n) is 13.2. The molecule has 1 unspecified atom stereocenters. The van der Waals surface area contributed by atoms with Gasteiger partial charge in [0.25, 0.3) is 5.91 Å². The van der Waals surface area contributed by atoms with Gasteiger partial charge in [-0.3, -0.25) is 4.79 Å². The Kier molecular flexibility index (Phi) is 6.65. The summed E-state index contributed by atoms with van der Waals surface area (Å²) in [5.41, 5.74) is 0. The van der Waals surface area contributed by atoms with Crippen LogP contribution in [0.4, 0.5) is 4.39 Å². The van der Waals surface area contributed by atoms with Crippen LogP contribution in [-0.2, 0) is 4.79 Å². The van der Waals surface area contributed by atoms with Crippen LogP contribution in [0.2, 0.25) is 0 Å². The van der Waals surface area contributed by atoms with E-state index in [0.717, 1.165) is 13.0 Å². The van der Waals surface area contributed by atoms with Gasteiger partial charge < -0.3 is 15.0 Å². The smallest absolute Gasteiger partial charge is 0.261 e. The normalized spacial score (nSPS) is 16.5. The number of hydrogen-bond donors (Lipinski definition) is 1. The van der Waals surface area contributed by atoms with Crippen molar-refractivity contribution in [2.75, 3.05) is 26.2 Å². The Bertz CT molecular complexity index is 458. The van der Waals surface area contributed by atoms with Crippen molar-refractivity contribution in [3.8, 4) is 5.75 Å². The second-order valence-corrected chi connectivity index (χ2v) is 5.66. The average molecular weight is 308 g/mol. The second-order valence-electron chi connectivity index (χ2n) is 5.66. The van der Waals surface area contributed by atoms with Crippen LogP contribution in [0.15, 0.2) is 24.3 Å². The van der Waals surface area contributed by atoms with Crippen LogP contribution in [-0.4, -0.2) is 43.1 Å². The lowest BCUT2D eigenvalue weighted by atomic mass is 10.2. The van der Waals surface area contributed by atoms with Gasteiger partial charge in [-0.15, -0.1) is 0 Å². The molecule has 2 rings (SSSR count). The fourth-order valence-corrected chi connectivity index (χ4v) is 2.63. The van der Waals surface area contributed by atoms with Crippen LogP contribution in [0.25, 0.3) is 0 Å². The lowest BCUT2D eigenvalue weighted by Crippen LogP contribution is -2.39. The molecular weight excluding hydrogens is 283 g/mol. The lowest BCUT2D eigenvalue weighted by Gasteiger charge is -2.18. The van der Waals surface area contributed by atoms with E-state index in [0.29, 0.717) is 18.7 Å². The molecule has 1 aromatic rings. The van der Waals surface area contributed by atoms with Gasteiger partial charge in [-0.1, -0.05) is 6.92 Å². The molecule has 122 valence electrons. The first kappa shape index (κ1) is 16.7. The maximum Gasteiger partial charge on any atom is 0.261 e. The molecule has 1 saturated heterocycles. The van der Waals surface area contributed by atoms with E-state index in [4.69, 9.17) is 4.74 Å². The first-order valence-electron chi connectivity index (χ1n) is 8.11. The lowest BCUT2D eigenvalue weighted by molar-refractivity contribution is -0.128. The zero-order valence-corrected chi connectivity index (χ0v) is 13.2. The largest absolute Gasteiger partial charge is 0.481 e. The number of hydrogen-bond acceptors (Lipinski definition) is 3. The summed E-state index contributed by atoms with van der Waals surface area (Å²) in [5.74, 6) is 0.0977. The molecule has 1 N–H and O–H groups in total. The molecule has 1 atom stereocenters. The first-order valence-corrected chi connectivity index (χ1v) is 8.11. The van der Waals surface area contributed by atoms with E-state index in [2.05, 4.69) is 10.2 Å². The van der Waals surface area contributed by atoms with Crippen LogP contribution >= 0.6 is 0 Å². The van der Waals surface area contributed by atoms with Crippen molar-refractivity contribution in [1.29, 1.82) is 0 Å². The number of rotatable bonds is 8. The van der Waals surface area contributed by atoms with Gasteiger partial charge in [0, 0.05) is 6.54 Å². The standard InChI is InChI=1S/C17H25FN2O2/c1-2-16(22-15-8-6-14(18)7-9-15)17(21)19-10-5-13-20-11-3-4-12-20/h6-9,16H,2-5,10-13H2,1H3,(H,19,21). The number of carbonyl (C=O) groups excluding carboxylic acids is 1. The topological polar surface area (TPSA) is 41.6 Å². The molecule has 0 aliphatic carbocycles. The highest BCUT2D eigenvalue weighted by Gasteiger charge is 2.18. The summed E-state index contributed by atoms with van der Waals surface area (Å²) in [4.78, 5) is 14.5. The highest BCUT2D eigenvalue weighted by molar-refractivity contribution is 5.81. The average Bonchev–Trinajstić information content (AvgIpc) is 3.04. The summed E-state index contributed by atoms with van der Waals surface area (Å²) < 4.78 is 18.5. The zero-order chi connectivity index (χ0) is 15.8. The molecule has 4 nitrogen and oxygen atoms in total. The quantitative estimate of drug-likeness (QED) is 0.751. The Hall–Kier alpha value is -1.62.